The summed E-state index contributed by atoms with van der Waals surface area (Å²) in [6.07, 6.45) is 3.95. The van der Waals surface area contributed by atoms with Gasteiger partial charge < -0.3 is 14.8 Å². The fourth-order valence-electron chi connectivity index (χ4n) is 3.45. The first-order valence-electron chi connectivity index (χ1n) is 9.53. The molecule has 6 nitrogen and oxygen atoms in total. The quantitative estimate of drug-likeness (QED) is 0.737. The number of aliphatic hydroxyl groups is 1. The number of hydrogen-bond acceptors (Lipinski definition) is 6. The molecule has 144 valence electrons. The van der Waals surface area contributed by atoms with E-state index >= 15 is 0 Å². The number of aromatic amines is 1. The lowest BCUT2D eigenvalue weighted by Crippen LogP contribution is -2.35. The van der Waals surface area contributed by atoms with Crippen LogP contribution in [0.3, 0.4) is 0 Å². The van der Waals surface area contributed by atoms with E-state index < -0.39 is 6.10 Å². The molecule has 7 heteroatoms. The Balaban J connectivity index is 1.74. The Kier molecular flexibility index (Phi) is 6.45. The van der Waals surface area contributed by atoms with E-state index in [-0.39, 0.29) is 11.7 Å². The van der Waals surface area contributed by atoms with Crippen LogP contribution in [0, 0.1) is 0 Å². The Morgan fingerprint density at radius 2 is 2.12 bits per heavy atom. The van der Waals surface area contributed by atoms with E-state index in [2.05, 4.69) is 9.88 Å². The molecule has 0 aromatic carbocycles. The monoisotopic (exact) mass is 379 g/mol. The minimum Gasteiger partial charge on any atom is -0.389 e. The highest BCUT2D eigenvalue weighted by Gasteiger charge is 2.20. The molecule has 0 unspecified atom stereocenters. The van der Waals surface area contributed by atoms with Crippen LogP contribution >= 0.6 is 11.3 Å². The molecule has 0 saturated heterocycles. The summed E-state index contributed by atoms with van der Waals surface area (Å²) in [5.74, 6) is 0.667. The highest BCUT2D eigenvalue weighted by atomic mass is 32.1. The second-order valence-electron chi connectivity index (χ2n) is 7.27. The first-order valence-corrected chi connectivity index (χ1v) is 10.3. The lowest BCUT2D eigenvalue weighted by Gasteiger charge is -2.23. The number of aryl methyl sites for hydroxylation is 2. The van der Waals surface area contributed by atoms with Crippen LogP contribution in [-0.4, -0.2) is 51.9 Å². The summed E-state index contributed by atoms with van der Waals surface area (Å²) in [6, 6.07) is 0. The van der Waals surface area contributed by atoms with E-state index in [1.807, 2.05) is 20.8 Å². The van der Waals surface area contributed by atoms with E-state index in [9.17, 15) is 9.90 Å². The van der Waals surface area contributed by atoms with Gasteiger partial charge in [0.1, 0.15) is 10.7 Å². The van der Waals surface area contributed by atoms with Gasteiger partial charge in [-0.1, -0.05) is 6.92 Å². The van der Waals surface area contributed by atoms with Crippen molar-refractivity contribution in [3.63, 3.8) is 0 Å². The molecule has 0 amide bonds. The molecule has 26 heavy (non-hydrogen) atoms. The summed E-state index contributed by atoms with van der Waals surface area (Å²) < 4.78 is 5.47. The maximum absolute atomic E-state index is 12.6. The van der Waals surface area contributed by atoms with Gasteiger partial charge in [0.05, 0.1) is 30.7 Å². The minimum absolute atomic E-state index is 0.0239. The number of nitrogens with one attached hydrogen (secondary N) is 1. The highest BCUT2D eigenvalue weighted by molar-refractivity contribution is 7.18. The molecule has 3 rings (SSSR count). The van der Waals surface area contributed by atoms with Crippen molar-refractivity contribution in [3.8, 4) is 0 Å². The zero-order valence-electron chi connectivity index (χ0n) is 15.9. The van der Waals surface area contributed by atoms with Crippen molar-refractivity contribution in [1.29, 1.82) is 0 Å². The summed E-state index contributed by atoms with van der Waals surface area (Å²) in [4.78, 5) is 24.6. The van der Waals surface area contributed by atoms with Crippen LogP contribution in [0.5, 0.6) is 0 Å². The zero-order valence-corrected chi connectivity index (χ0v) is 16.7. The molecule has 0 aliphatic heterocycles. The van der Waals surface area contributed by atoms with Gasteiger partial charge >= 0.3 is 0 Å². The molecule has 2 aromatic rings. The van der Waals surface area contributed by atoms with Crippen molar-refractivity contribution in [1.82, 2.24) is 14.9 Å². The van der Waals surface area contributed by atoms with Crippen molar-refractivity contribution in [2.45, 2.75) is 65.2 Å². The lowest BCUT2D eigenvalue weighted by atomic mass is 9.97. The first kappa shape index (κ1) is 19.5. The van der Waals surface area contributed by atoms with Crippen molar-refractivity contribution in [3.05, 3.63) is 26.6 Å². The summed E-state index contributed by atoms with van der Waals surface area (Å²) in [7, 11) is 0. The normalized spacial score (nSPS) is 15.8. The predicted molar refractivity (Wildman–Crippen MR) is 105 cm³/mol. The maximum Gasteiger partial charge on any atom is 0.259 e. The Morgan fingerprint density at radius 1 is 1.35 bits per heavy atom. The van der Waals surface area contributed by atoms with Gasteiger partial charge in [0, 0.05) is 11.4 Å². The van der Waals surface area contributed by atoms with Crippen LogP contribution in [0.25, 0.3) is 10.2 Å². The van der Waals surface area contributed by atoms with E-state index in [4.69, 9.17) is 9.72 Å². The topological polar surface area (TPSA) is 78.5 Å². The Morgan fingerprint density at radius 3 is 2.85 bits per heavy atom. The Hall–Kier alpha value is -1.28. The van der Waals surface area contributed by atoms with Crippen LogP contribution in [0.2, 0.25) is 0 Å². The molecule has 1 aliphatic carbocycles. The number of H-pyrrole nitrogens is 1. The van der Waals surface area contributed by atoms with Crippen LogP contribution in [-0.2, 0) is 24.1 Å². The second-order valence-corrected chi connectivity index (χ2v) is 8.35. The number of hydrogen-bond donors (Lipinski definition) is 2. The fraction of sp³-hybridized carbons (Fsp3) is 0.684. The summed E-state index contributed by atoms with van der Waals surface area (Å²) in [6.45, 7) is 8.03. The number of likely N-dealkylation sites (N-methyl/N-ethyl adjacent to an activating group) is 1. The Bertz CT molecular complexity index is 799. The summed E-state index contributed by atoms with van der Waals surface area (Å²) in [5, 5.41) is 11.0. The van der Waals surface area contributed by atoms with Crippen LogP contribution < -0.4 is 5.56 Å². The molecule has 1 atom stereocenters. The first-order chi connectivity index (χ1) is 12.5. The largest absolute Gasteiger partial charge is 0.389 e. The number of aliphatic hydroxyl groups excluding tert-OH is 1. The third-order valence-corrected chi connectivity index (χ3v) is 5.97. The third kappa shape index (κ3) is 4.52. The van der Waals surface area contributed by atoms with E-state index in [1.54, 1.807) is 11.3 Å². The molecule has 0 bridgehead atoms. The molecular formula is C19H29N3O3S. The number of thiophene rings is 1. The van der Waals surface area contributed by atoms with E-state index in [1.165, 1.54) is 16.9 Å². The van der Waals surface area contributed by atoms with E-state index in [0.29, 0.717) is 25.5 Å². The van der Waals surface area contributed by atoms with Crippen molar-refractivity contribution in [2.75, 3.05) is 19.7 Å². The van der Waals surface area contributed by atoms with Gasteiger partial charge in [-0.15, -0.1) is 11.3 Å². The number of ether oxygens (including phenoxy) is 1. The number of fused-ring (bicyclic) bond motifs is 3. The van der Waals surface area contributed by atoms with Crippen molar-refractivity contribution >= 4 is 21.6 Å². The molecule has 0 radical (unpaired) electrons. The summed E-state index contributed by atoms with van der Waals surface area (Å²) in [5.41, 5.74) is 1.19. The highest BCUT2D eigenvalue weighted by Crippen LogP contribution is 2.33. The third-order valence-electron chi connectivity index (χ3n) is 4.79. The van der Waals surface area contributed by atoms with Gasteiger partial charge in [-0.3, -0.25) is 9.69 Å². The zero-order chi connectivity index (χ0) is 18.7. The maximum atomic E-state index is 12.6. The minimum atomic E-state index is -0.554. The average Bonchev–Trinajstić information content (AvgIpc) is 2.98. The number of nitrogens with zero attached hydrogens (tertiary/aromatic N) is 2. The van der Waals surface area contributed by atoms with Gasteiger partial charge in [0.15, 0.2) is 0 Å². The van der Waals surface area contributed by atoms with Gasteiger partial charge in [-0.2, -0.15) is 0 Å². The average molecular weight is 380 g/mol. The molecule has 2 aromatic heterocycles. The lowest BCUT2D eigenvalue weighted by molar-refractivity contribution is -0.00912. The smallest absolute Gasteiger partial charge is 0.259 e. The van der Waals surface area contributed by atoms with Gasteiger partial charge in [0.2, 0.25) is 0 Å². The van der Waals surface area contributed by atoms with Gasteiger partial charge in [-0.25, -0.2) is 4.98 Å². The van der Waals surface area contributed by atoms with Crippen LogP contribution in [0.1, 0.15) is 49.9 Å². The molecule has 1 aliphatic rings. The summed E-state index contributed by atoms with van der Waals surface area (Å²) >= 11 is 1.67. The van der Waals surface area contributed by atoms with Gasteiger partial charge in [-0.05, 0) is 51.6 Å². The molecule has 2 heterocycles. The van der Waals surface area contributed by atoms with Crippen LogP contribution in [0.4, 0.5) is 0 Å². The number of rotatable bonds is 8. The van der Waals surface area contributed by atoms with Gasteiger partial charge in [0.25, 0.3) is 5.56 Å². The SMILES string of the molecule is CCN(Cc1nc2sc3c(c2c(=O)[nH]1)CCCC3)C[C@@H](O)COC(C)C. The fourth-order valence-corrected chi connectivity index (χ4v) is 4.74. The molecular weight excluding hydrogens is 350 g/mol. The standard InChI is InChI=1S/C19H29N3O3S/c1-4-22(9-13(23)11-25-12(2)3)10-16-20-18(24)17-14-7-5-6-8-15(14)26-19(17)21-16/h12-13,23H,4-11H2,1-3H3,(H,20,21,24)/t13-/m1/s1. The molecule has 2 N–H and O–H groups in total. The van der Waals surface area contributed by atoms with E-state index in [0.717, 1.165) is 36.0 Å². The Labute approximate surface area is 158 Å². The number of aromatic nitrogens is 2. The van der Waals surface area contributed by atoms with Crippen molar-refractivity contribution in [2.24, 2.45) is 0 Å². The van der Waals surface area contributed by atoms with Crippen molar-refractivity contribution < 1.29 is 9.84 Å². The van der Waals surface area contributed by atoms with Crippen LogP contribution in [0.15, 0.2) is 4.79 Å². The predicted octanol–water partition coefficient (Wildman–Crippen LogP) is 2.47. The molecule has 0 spiro atoms. The second kappa shape index (κ2) is 8.61. The molecule has 0 saturated carbocycles. The molecule has 0 fully saturated rings.